The van der Waals surface area contributed by atoms with Gasteiger partial charge in [0, 0.05) is 24.8 Å². The van der Waals surface area contributed by atoms with E-state index in [-0.39, 0.29) is 0 Å². The summed E-state index contributed by atoms with van der Waals surface area (Å²) >= 11 is 2.00. The third-order valence-corrected chi connectivity index (χ3v) is 4.35. The molecular formula is C9H17N5S. The lowest BCUT2D eigenvalue weighted by Crippen LogP contribution is -2.43. The Labute approximate surface area is 93.8 Å². The van der Waals surface area contributed by atoms with Gasteiger partial charge in [-0.25, -0.2) is 4.98 Å². The summed E-state index contributed by atoms with van der Waals surface area (Å²) < 4.78 is 1.81. The van der Waals surface area contributed by atoms with E-state index >= 15 is 0 Å². The molecule has 0 radical (unpaired) electrons. The molecule has 0 spiro atoms. The Morgan fingerprint density at radius 1 is 1.80 bits per heavy atom. The second-order valence-corrected chi connectivity index (χ2v) is 5.18. The number of aryl methyl sites for hydroxylation is 1. The molecule has 0 aromatic carbocycles. The van der Waals surface area contributed by atoms with Crippen LogP contribution in [0.4, 0.5) is 0 Å². The van der Waals surface area contributed by atoms with Crippen molar-refractivity contribution in [2.24, 2.45) is 12.9 Å². The van der Waals surface area contributed by atoms with Crippen LogP contribution in [0, 0.1) is 0 Å². The van der Waals surface area contributed by atoms with E-state index in [1.807, 2.05) is 23.5 Å². The van der Waals surface area contributed by atoms with Gasteiger partial charge in [-0.3, -0.25) is 16.0 Å². The molecule has 3 N–H and O–H groups in total. The number of nitrogens with zero attached hydrogens (tertiary/aromatic N) is 3. The zero-order valence-corrected chi connectivity index (χ0v) is 9.70. The first-order chi connectivity index (χ1) is 7.31. The van der Waals surface area contributed by atoms with Gasteiger partial charge in [0.05, 0.1) is 0 Å². The molecule has 84 valence electrons. The van der Waals surface area contributed by atoms with Gasteiger partial charge >= 0.3 is 0 Å². The van der Waals surface area contributed by atoms with Crippen LogP contribution in [0.5, 0.6) is 0 Å². The number of rotatable bonds is 4. The molecule has 2 unspecified atom stereocenters. The molecule has 5 nitrogen and oxygen atoms in total. The topological polar surface area (TPSA) is 68.8 Å². The summed E-state index contributed by atoms with van der Waals surface area (Å²) in [5, 5.41) is 4.68. The third-order valence-electron chi connectivity index (χ3n) is 2.84. The number of nitrogens with one attached hydrogen (secondary N) is 1. The van der Waals surface area contributed by atoms with Crippen LogP contribution in [0.3, 0.4) is 0 Å². The predicted octanol–water partition coefficient (Wildman–Crippen LogP) is 0.0851. The predicted molar refractivity (Wildman–Crippen MR) is 61.3 cm³/mol. The molecule has 2 atom stereocenters. The van der Waals surface area contributed by atoms with E-state index in [0.29, 0.717) is 11.3 Å². The Morgan fingerprint density at radius 3 is 3.20 bits per heavy atom. The molecule has 0 amide bonds. The highest BCUT2D eigenvalue weighted by Crippen LogP contribution is 2.29. The molecule has 0 aliphatic carbocycles. The molecule has 6 heteroatoms. The molecule has 2 heterocycles. The molecule has 1 aliphatic rings. The number of hydrogen-bond donors (Lipinski definition) is 2. The minimum Gasteiger partial charge on any atom is -0.271 e. The highest BCUT2D eigenvalue weighted by atomic mass is 32.2. The number of hydrogen-bond acceptors (Lipinski definition) is 5. The van der Waals surface area contributed by atoms with Crippen molar-refractivity contribution in [3.05, 3.63) is 12.2 Å². The average molecular weight is 227 g/mol. The van der Waals surface area contributed by atoms with E-state index < -0.39 is 0 Å². The van der Waals surface area contributed by atoms with Crippen molar-refractivity contribution in [2.75, 3.05) is 5.75 Å². The summed E-state index contributed by atoms with van der Waals surface area (Å²) in [4.78, 5) is 4.22. The first-order valence-electron chi connectivity index (χ1n) is 5.22. The minimum absolute atomic E-state index is 0.306. The monoisotopic (exact) mass is 227 g/mol. The Bertz CT molecular complexity index is 307. The first-order valence-corrected chi connectivity index (χ1v) is 6.26. The van der Waals surface area contributed by atoms with Gasteiger partial charge in [0.25, 0.3) is 0 Å². The van der Waals surface area contributed by atoms with Gasteiger partial charge < -0.3 is 0 Å². The van der Waals surface area contributed by atoms with Crippen molar-refractivity contribution in [3.63, 3.8) is 0 Å². The maximum Gasteiger partial charge on any atom is 0.138 e. The van der Waals surface area contributed by atoms with E-state index in [1.165, 1.54) is 18.6 Å². The molecular weight excluding hydrogens is 210 g/mol. The van der Waals surface area contributed by atoms with Gasteiger partial charge in [-0.1, -0.05) is 0 Å². The van der Waals surface area contributed by atoms with Crippen molar-refractivity contribution < 1.29 is 0 Å². The number of hydrazine groups is 1. The van der Waals surface area contributed by atoms with E-state index in [9.17, 15) is 0 Å². The smallest absolute Gasteiger partial charge is 0.138 e. The van der Waals surface area contributed by atoms with Gasteiger partial charge in [0.15, 0.2) is 0 Å². The van der Waals surface area contributed by atoms with Crippen molar-refractivity contribution >= 4 is 11.8 Å². The summed E-state index contributed by atoms with van der Waals surface area (Å²) in [5.41, 5.74) is 2.91. The maximum absolute atomic E-state index is 5.60. The van der Waals surface area contributed by atoms with Crippen LogP contribution in [-0.2, 0) is 13.5 Å². The van der Waals surface area contributed by atoms with E-state index in [1.54, 1.807) is 6.33 Å². The molecule has 0 bridgehead atoms. The lowest BCUT2D eigenvalue weighted by Gasteiger charge is -2.21. The number of nitrogens with two attached hydrogens (primary N) is 1. The van der Waals surface area contributed by atoms with E-state index in [4.69, 9.17) is 5.84 Å². The highest BCUT2D eigenvalue weighted by Gasteiger charge is 2.25. The summed E-state index contributed by atoms with van der Waals surface area (Å²) in [6.45, 7) is 0. The van der Waals surface area contributed by atoms with Crippen LogP contribution >= 0.6 is 11.8 Å². The van der Waals surface area contributed by atoms with Gasteiger partial charge in [-0.2, -0.15) is 16.9 Å². The highest BCUT2D eigenvalue weighted by molar-refractivity contribution is 8.00. The third kappa shape index (κ3) is 2.50. The summed E-state index contributed by atoms with van der Waals surface area (Å²) in [5.74, 6) is 7.84. The number of thioether (sulfide) groups is 1. The lowest BCUT2D eigenvalue weighted by atomic mass is 10.1. The van der Waals surface area contributed by atoms with Crippen LogP contribution in [0.25, 0.3) is 0 Å². The number of aromatic nitrogens is 3. The maximum atomic E-state index is 5.60. The molecule has 2 rings (SSSR count). The first kappa shape index (κ1) is 10.9. The zero-order chi connectivity index (χ0) is 10.7. The van der Waals surface area contributed by atoms with Crippen molar-refractivity contribution in [1.29, 1.82) is 0 Å². The zero-order valence-electron chi connectivity index (χ0n) is 8.89. The molecule has 0 saturated carbocycles. The van der Waals surface area contributed by atoms with Crippen LogP contribution in [0.2, 0.25) is 0 Å². The molecule has 15 heavy (non-hydrogen) atoms. The SMILES string of the molecule is Cn1ncnc1CC(NN)C1CCCS1. The molecule has 1 saturated heterocycles. The standard InChI is InChI=1S/C9H17N5S/c1-14-9(11-6-12-14)5-7(13-10)8-3-2-4-15-8/h6-8,13H,2-5,10H2,1H3. The Balaban J connectivity index is 1.98. The van der Waals surface area contributed by atoms with Crippen LogP contribution in [0.1, 0.15) is 18.7 Å². The minimum atomic E-state index is 0.306. The van der Waals surface area contributed by atoms with Crippen molar-refractivity contribution in [3.8, 4) is 0 Å². The fourth-order valence-corrected chi connectivity index (χ4v) is 3.30. The molecule has 1 fully saturated rings. The van der Waals surface area contributed by atoms with Crippen LogP contribution in [0.15, 0.2) is 6.33 Å². The molecule has 1 aliphatic heterocycles. The van der Waals surface area contributed by atoms with Gasteiger partial charge in [-0.05, 0) is 18.6 Å². The Hall–Kier alpha value is -0.590. The molecule has 1 aromatic rings. The Morgan fingerprint density at radius 2 is 2.67 bits per heavy atom. The van der Waals surface area contributed by atoms with Crippen LogP contribution < -0.4 is 11.3 Å². The van der Waals surface area contributed by atoms with Crippen molar-refractivity contribution in [2.45, 2.75) is 30.6 Å². The summed E-state index contributed by atoms with van der Waals surface area (Å²) in [6, 6.07) is 0.306. The van der Waals surface area contributed by atoms with Gasteiger partial charge in [-0.15, -0.1) is 0 Å². The normalized spacial score (nSPS) is 23.2. The Kier molecular flexibility index (Phi) is 3.61. The van der Waals surface area contributed by atoms with E-state index in [0.717, 1.165) is 12.2 Å². The second kappa shape index (κ2) is 4.96. The van der Waals surface area contributed by atoms with E-state index in [2.05, 4.69) is 15.5 Å². The van der Waals surface area contributed by atoms with Crippen LogP contribution in [-0.4, -0.2) is 31.8 Å². The summed E-state index contributed by atoms with van der Waals surface area (Å²) in [7, 11) is 1.91. The second-order valence-electron chi connectivity index (χ2n) is 3.83. The largest absolute Gasteiger partial charge is 0.271 e. The fraction of sp³-hybridized carbons (Fsp3) is 0.778. The quantitative estimate of drug-likeness (QED) is 0.563. The van der Waals surface area contributed by atoms with Gasteiger partial charge in [0.2, 0.25) is 0 Å². The average Bonchev–Trinajstić information content (AvgIpc) is 2.86. The lowest BCUT2D eigenvalue weighted by molar-refractivity contribution is 0.477. The van der Waals surface area contributed by atoms with Crippen molar-refractivity contribution in [1.82, 2.24) is 20.2 Å². The molecule has 1 aromatic heterocycles. The van der Waals surface area contributed by atoms with Gasteiger partial charge in [0.1, 0.15) is 12.2 Å². The summed E-state index contributed by atoms with van der Waals surface area (Å²) in [6.07, 6.45) is 4.99. The fourth-order valence-electron chi connectivity index (χ4n) is 1.92.